The van der Waals surface area contributed by atoms with Gasteiger partial charge in [0.05, 0.1) is 12.0 Å². The second-order valence-corrected chi connectivity index (χ2v) is 5.81. The molecule has 1 atom stereocenters. The van der Waals surface area contributed by atoms with E-state index in [-0.39, 0.29) is 0 Å². The Labute approximate surface area is 109 Å². The fourth-order valence-corrected chi connectivity index (χ4v) is 2.74. The molecule has 100 valence electrons. The standard InChI is InChI=1S/C14H24N4/c1-12(18-6-2-3-7-18)9-17-10-14(16-11-17)8-15-13-4-5-13/h10-13,15H,2-9H2,1H3. The van der Waals surface area contributed by atoms with Crippen LogP contribution in [0.2, 0.25) is 0 Å². The van der Waals surface area contributed by atoms with Crippen LogP contribution in [0.1, 0.15) is 38.3 Å². The molecule has 4 nitrogen and oxygen atoms in total. The summed E-state index contributed by atoms with van der Waals surface area (Å²) in [4.78, 5) is 7.06. The Morgan fingerprint density at radius 1 is 1.39 bits per heavy atom. The van der Waals surface area contributed by atoms with Crippen molar-refractivity contribution in [1.29, 1.82) is 0 Å². The average molecular weight is 248 g/mol. The molecule has 1 N–H and O–H groups in total. The Balaban J connectivity index is 1.48. The molecule has 1 aliphatic carbocycles. The molecule has 1 aliphatic heterocycles. The molecule has 0 radical (unpaired) electrons. The first-order valence-electron chi connectivity index (χ1n) is 7.29. The van der Waals surface area contributed by atoms with Crippen LogP contribution in [0.5, 0.6) is 0 Å². The Morgan fingerprint density at radius 2 is 2.17 bits per heavy atom. The first-order valence-corrected chi connectivity index (χ1v) is 7.29. The summed E-state index contributed by atoms with van der Waals surface area (Å²) in [6.45, 7) is 6.86. The Kier molecular flexibility index (Phi) is 3.66. The summed E-state index contributed by atoms with van der Waals surface area (Å²) >= 11 is 0. The van der Waals surface area contributed by atoms with E-state index in [1.165, 1.54) is 44.5 Å². The summed E-state index contributed by atoms with van der Waals surface area (Å²) in [5, 5.41) is 3.51. The van der Waals surface area contributed by atoms with Crippen molar-refractivity contribution < 1.29 is 0 Å². The minimum Gasteiger partial charge on any atom is -0.336 e. The van der Waals surface area contributed by atoms with Crippen molar-refractivity contribution in [3.8, 4) is 0 Å². The molecule has 2 aliphatic rings. The molecule has 0 spiro atoms. The number of rotatable bonds is 6. The maximum Gasteiger partial charge on any atom is 0.0950 e. The third kappa shape index (κ3) is 3.12. The predicted octanol–water partition coefficient (Wildman–Crippen LogP) is 1.62. The summed E-state index contributed by atoms with van der Waals surface area (Å²) in [5.74, 6) is 0. The van der Waals surface area contributed by atoms with Gasteiger partial charge in [0.2, 0.25) is 0 Å². The van der Waals surface area contributed by atoms with Crippen molar-refractivity contribution in [3.05, 3.63) is 18.2 Å². The summed E-state index contributed by atoms with van der Waals surface area (Å²) in [6, 6.07) is 1.39. The molecule has 0 bridgehead atoms. The molecule has 1 saturated heterocycles. The fourth-order valence-electron chi connectivity index (χ4n) is 2.74. The van der Waals surface area contributed by atoms with Crippen LogP contribution in [-0.2, 0) is 13.1 Å². The molecule has 2 heterocycles. The third-order valence-corrected chi connectivity index (χ3v) is 4.07. The average Bonchev–Trinajstić information content (AvgIpc) is 2.88. The van der Waals surface area contributed by atoms with Crippen LogP contribution >= 0.6 is 0 Å². The summed E-state index contributed by atoms with van der Waals surface area (Å²) < 4.78 is 2.24. The molecule has 4 heteroatoms. The first-order chi connectivity index (χ1) is 8.81. The number of nitrogens with zero attached hydrogens (tertiary/aromatic N) is 3. The van der Waals surface area contributed by atoms with E-state index in [2.05, 4.69) is 32.9 Å². The lowest BCUT2D eigenvalue weighted by Crippen LogP contribution is -2.33. The zero-order valence-electron chi connectivity index (χ0n) is 11.3. The van der Waals surface area contributed by atoms with Crippen molar-refractivity contribution in [2.45, 2.75) is 57.8 Å². The van der Waals surface area contributed by atoms with Gasteiger partial charge in [-0.05, 0) is 45.7 Å². The van der Waals surface area contributed by atoms with Gasteiger partial charge in [-0.3, -0.25) is 4.90 Å². The number of aromatic nitrogens is 2. The van der Waals surface area contributed by atoms with Crippen LogP contribution in [0.3, 0.4) is 0 Å². The van der Waals surface area contributed by atoms with Crippen molar-refractivity contribution in [2.24, 2.45) is 0 Å². The van der Waals surface area contributed by atoms with Gasteiger partial charge in [-0.15, -0.1) is 0 Å². The molecular formula is C14H24N4. The van der Waals surface area contributed by atoms with E-state index in [9.17, 15) is 0 Å². The normalized spacial score (nSPS) is 22.5. The van der Waals surface area contributed by atoms with Gasteiger partial charge in [-0.2, -0.15) is 0 Å². The molecular weight excluding hydrogens is 224 g/mol. The number of nitrogens with one attached hydrogen (secondary N) is 1. The summed E-state index contributed by atoms with van der Waals surface area (Å²) in [7, 11) is 0. The first kappa shape index (κ1) is 12.2. The van der Waals surface area contributed by atoms with Crippen LogP contribution in [0.25, 0.3) is 0 Å². The molecule has 0 amide bonds. The molecule has 1 aromatic rings. The van der Waals surface area contributed by atoms with Crippen LogP contribution < -0.4 is 5.32 Å². The van der Waals surface area contributed by atoms with E-state index in [0.717, 1.165) is 19.1 Å². The van der Waals surface area contributed by atoms with Gasteiger partial charge in [0, 0.05) is 31.4 Å². The number of hydrogen-bond acceptors (Lipinski definition) is 3. The molecule has 2 fully saturated rings. The van der Waals surface area contributed by atoms with Gasteiger partial charge < -0.3 is 9.88 Å². The number of hydrogen-bond donors (Lipinski definition) is 1. The van der Waals surface area contributed by atoms with Gasteiger partial charge in [-0.1, -0.05) is 0 Å². The van der Waals surface area contributed by atoms with Gasteiger partial charge in [0.15, 0.2) is 0 Å². The monoisotopic (exact) mass is 248 g/mol. The molecule has 3 rings (SSSR count). The molecule has 0 aromatic carbocycles. The zero-order valence-corrected chi connectivity index (χ0v) is 11.3. The smallest absolute Gasteiger partial charge is 0.0950 e. The van der Waals surface area contributed by atoms with E-state index in [1.54, 1.807) is 0 Å². The molecule has 1 aromatic heterocycles. The predicted molar refractivity (Wildman–Crippen MR) is 72.4 cm³/mol. The van der Waals surface area contributed by atoms with Gasteiger partial charge in [0.1, 0.15) is 0 Å². The second-order valence-electron chi connectivity index (χ2n) is 5.81. The molecule has 1 saturated carbocycles. The van der Waals surface area contributed by atoms with E-state index in [4.69, 9.17) is 0 Å². The van der Waals surface area contributed by atoms with Gasteiger partial charge in [0.25, 0.3) is 0 Å². The van der Waals surface area contributed by atoms with E-state index in [1.807, 2.05) is 6.33 Å². The van der Waals surface area contributed by atoms with Crippen LogP contribution in [0.15, 0.2) is 12.5 Å². The summed E-state index contributed by atoms with van der Waals surface area (Å²) in [5.41, 5.74) is 1.18. The lowest BCUT2D eigenvalue weighted by atomic mass is 10.3. The van der Waals surface area contributed by atoms with Crippen molar-refractivity contribution in [3.63, 3.8) is 0 Å². The van der Waals surface area contributed by atoms with E-state index < -0.39 is 0 Å². The van der Waals surface area contributed by atoms with E-state index in [0.29, 0.717) is 6.04 Å². The SMILES string of the molecule is CC(Cn1cnc(CNC2CC2)c1)N1CCCC1. The van der Waals surface area contributed by atoms with Crippen molar-refractivity contribution >= 4 is 0 Å². The van der Waals surface area contributed by atoms with Crippen molar-refractivity contribution in [2.75, 3.05) is 13.1 Å². The largest absolute Gasteiger partial charge is 0.336 e. The maximum atomic E-state index is 4.48. The number of likely N-dealkylation sites (tertiary alicyclic amines) is 1. The van der Waals surface area contributed by atoms with Crippen LogP contribution in [0, 0.1) is 0 Å². The molecule has 18 heavy (non-hydrogen) atoms. The highest BCUT2D eigenvalue weighted by atomic mass is 15.2. The van der Waals surface area contributed by atoms with Crippen molar-refractivity contribution in [1.82, 2.24) is 19.8 Å². The quantitative estimate of drug-likeness (QED) is 0.830. The number of imidazole rings is 1. The van der Waals surface area contributed by atoms with E-state index >= 15 is 0 Å². The zero-order chi connectivity index (χ0) is 12.4. The lowest BCUT2D eigenvalue weighted by Gasteiger charge is -2.23. The minimum atomic E-state index is 0.631. The Hall–Kier alpha value is -0.870. The maximum absolute atomic E-state index is 4.48. The van der Waals surface area contributed by atoms with Gasteiger partial charge >= 0.3 is 0 Å². The Bertz CT molecular complexity index is 377. The molecule has 1 unspecified atom stereocenters. The lowest BCUT2D eigenvalue weighted by molar-refractivity contribution is 0.235. The highest BCUT2D eigenvalue weighted by molar-refractivity contribution is 4.98. The minimum absolute atomic E-state index is 0.631. The highest BCUT2D eigenvalue weighted by Crippen LogP contribution is 2.19. The topological polar surface area (TPSA) is 33.1 Å². The van der Waals surface area contributed by atoms with Crippen LogP contribution in [0.4, 0.5) is 0 Å². The van der Waals surface area contributed by atoms with Gasteiger partial charge in [-0.25, -0.2) is 4.98 Å². The Morgan fingerprint density at radius 3 is 2.89 bits per heavy atom. The third-order valence-electron chi connectivity index (χ3n) is 4.07. The second kappa shape index (κ2) is 5.41. The highest BCUT2D eigenvalue weighted by Gasteiger charge is 2.21. The fraction of sp³-hybridized carbons (Fsp3) is 0.786. The van der Waals surface area contributed by atoms with Crippen LogP contribution in [-0.4, -0.2) is 39.6 Å². The summed E-state index contributed by atoms with van der Waals surface area (Å²) in [6.07, 6.45) is 9.59.